The molecule has 148 valence electrons. The predicted octanol–water partition coefficient (Wildman–Crippen LogP) is 2.65. The SMILES string of the molecule is Cc1cc(NS(=O)(=O)c2ccc(C(C)(C)C)cc2)n([C@@H]2CCS(=O)(=O)C2)n1. The van der Waals surface area contributed by atoms with Gasteiger partial charge in [0.1, 0.15) is 5.82 Å². The fraction of sp³-hybridized carbons (Fsp3) is 0.500. The van der Waals surface area contributed by atoms with E-state index in [-0.39, 0.29) is 33.7 Å². The van der Waals surface area contributed by atoms with E-state index in [1.54, 1.807) is 37.3 Å². The van der Waals surface area contributed by atoms with Crippen molar-refractivity contribution >= 4 is 25.7 Å². The first-order chi connectivity index (χ1) is 12.4. The van der Waals surface area contributed by atoms with Crippen LogP contribution in [-0.2, 0) is 25.3 Å². The second-order valence-electron chi connectivity index (χ2n) is 8.05. The van der Waals surface area contributed by atoms with Crippen LogP contribution in [0.2, 0.25) is 0 Å². The molecule has 1 fully saturated rings. The molecule has 2 aromatic rings. The molecule has 1 aromatic heterocycles. The van der Waals surface area contributed by atoms with Gasteiger partial charge in [-0.2, -0.15) is 5.10 Å². The summed E-state index contributed by atoms with van der Waals surface area (Å²) in [6, 6.07) is 8.03. The summed E-state index contributed by atoms with van der Waals surface area (Å²) < 4.78 is 53.2. The van der Waals surface area contributed by atoms with Crippen molar-refractivity contribution in [3.05, 3.63) is 41.6 Å². The van der Waals surface area contributed by atoms with Crippen molar-refractivity contribution in [2.24, 2.45) is 0 Å². The molecule has 27 heavy (non-hydrogen) atoms. The minimum Gasteiger partial charge on any atom is -0.264 e. The molecule has 0 radical (unpaired) electrons. The van der Waals surface area contributed by atoms with E-state index in [9.17, 15) is 16.8 Å². The summed E-state index contributed by atoms with van der Waals surface area (Å²) in [6.07, 6.45) is 0.429. The molecule has 1 aliphatic rings. The first kappa shape index (κ1) is 19.9. The third-order valence-electron chi connectivity index (χ3n) is 4.68. The number of nitrogens with zero attached hydrogens (tertiary/aromatic N) is 2. The summed E-state index contributed by atoms with van der Waals surface area (Å²) in [5.41, 5.74) is 1.60. The summed E-state index contributed by atoms with van der Waals surface area (Å²) in [6.45, 7) is 7.93. The molecule has 3 rings (SSSR count). The molecule has 1 aliphatic heterocycles. The van der Waals surface area contributed by atoms with E-state index in [0.717, 1.165) is 5.56 Å². The Labute approximate surface area is 160 Å². The largest absolute Gasteiger partial charge is 0.264 e. The minimum atomic E-state index is -3.80. The standard InChI is InChI=1S/C18H25N3O4S2/c1-13-11-17(21(19-13)15-9-10-26(22,23)12-15)20-27(24,25)16-7-5-14(6-8-16)18(2,3)4/h5-8,11,15,20H,9-10,12H2,1-4H3/t15-/m1/s1. The normalized spacial score (nSPS) is 19.9. The first-order valence-electron chi connectivity index (χ1n) is 8.77. The number of benzene rings is 1. The molecule has 2 heterocycles. The quantitative estimate of drug-likeness (QED) is 0.834. The van der Waals surface area contributed by atoms with Crippen LogP contribution in [0.5, 0.6) is 0 Å². The van der Waals surface area contributed by atoms with E-state index < -0.39 is 19.9 Å². The smallest absolute Gasteiger partial charge is 0.263 e. The number of hydrogen-bond donors (Lipinski definition) is 1. The Morgan fingerprint density at radius 2 is 1.81 bits per heavy atom. The van der Waals surface area contributed by atoms with Gasteiger partial charge < -0.3 is 0 Å². The van der Waals surface area contributed by atoms with Crippen molar-refractivity contribution in [3.8, 4) is 0 Å². The molecular formula is C18H25N3O4S2. The molecule has 1 saturated heterocycles. The van der Waals surface area contributed by atoms with Crippen LogP contribution >= 0.6 is 0 Å². The van der Waals surface area contributed by atoms with Crippen LogP contribution in [0, 0.1) is 6.92 Å². The highest BCUT2D eigenvalue weighted by molar-refractivity contribution is 7.92. The van der Waals surface area contributed by atoms with Crippen molar-refractivity contribution in [1.29, 1.82) is 0 Å². The number of sulfone groups is 1. The Kier molecular flexibility index (Phi) is 4.88. The highest BCUT2D eigenvalue weighted by atomic mass is 32.2. The maximum atomic E-state index is 12.8. The van der Waals surface area contributed by atoms with Crippen LogP contribution in [0.3, 0.4) is 0 Å². The van der Waals surface area contributed by atoms with Gasteiger partial charge in [0.2, 0.25) is 0 Å². The summed E-state index contributed by atoms with van der Waals surface area (Å²) in [7, 11) is -6.91. The summed E-state index contributed by atoms with van der Waals surface area (Å²) in [5.74, 6) is 0.356. The van der Waals surface area contributed by atoms with E-state index in [1.165, 1.54) is 4.68 Å². The molecule has 7 nitrogen and oxygen atoms in total. The third kappa shape index (κ3) is 4.35. The average molecular weight is 412 g/mol. The Hall–Kier alpha value is -1.87. The molecule has 0 spiro atoms. The summed E-state index contributed by atoms with van der Waals surface area (Å²) in [4.78, 5) is 0.153. The zero-order chi connectivity index (χ0) is 20.0. The van der Waals surface area contributed by atoms with Crippen molar-refractivity contribution in [2.75, 3.05) is 16.2 Å². The molecule has 0 bridgehead atoms. The zero-order valence-corrected chi connectivity index (χ0v) is 17.6. The van der Waals surface area contributed by atoms with Crippen LogP contribution in [0.1, 0.15) is 44.5 Å². The number of aryl methyl sites for hydroxylation is 1. The van der Waals surface area contributed by atoms with Crippen LogP contribution < -0.4 is 4.72 Å². The van der Waals surface area contributed by atoms with Crippen LogP contribution in [0.25, 0.3) is 0 Å². The Morgan fingerprint density at radius 1 is 1.19 bits per heavy atom. The van der Waals surface area contributed by atoms with Crippen LogP contribution in [-0.4, -0.2) is 38.1 Å². The number of sulfonamides is 1. The monoisotopic (exact) mass is 411 g/mol. The van der Waals surface area contributed by atoms with E-state index in [4.69, 9.17) is 0 Å². The zero-order valence-electron chi connectivity index (χ0n) is 15.9. The van der Waals surface area contributed by atoms with Gasteiger partial charge >= 0.3 is 0 Å². The van der Waals surface area contributed by atoms with Crippen molar-refractivity contribution in [2.45, 2.75) is 50.5 Å². The second kappa shape index (κ2) is 6.63. The molecule has 9 heteroatoms. The maximum Gasteiger partial charge on any atom is 0.263 e. The predicted molar refractivity (Wildman–Crippen MR) is 105 cm³/mol. The molecule has 0 unspecified atom stereocenters. The number of anilines is 1. The average Bonchev–Trinajstić information content (AvgIpc) is 3.08. The molecular weight excluding hydrogens is 386 g/mol. The summed E-state index contributed by atoms with van der Waals surface area (Å²) >= 11 is 0. The van der Waals surface area contributed by atoms with Gasteiger partial charge in [0, 0.05) is 6.07 Å². The number of rotatable bonds is 4. The topological polar surface area (TPSA) is 98.1 Å². The summed E-state index contributed by atoms with van der Waals surface area (Å²) in [5, 5.41) is 4.31. The third-order valence-corrected chi connectivity index (χ3v) is 7.80. The fourth-order valence-electron chi connectivity index (χ4n) is 3.17. The van der Waals surface area contributed by atoms with Crippen molar-refractivity contribution < 1.29 is 16.8 Å². The highest BCUT2D eigenvalue weighted by Gasteiger charge is 2.32. The molecule has 1 aromatic carbocycles. The van der Waals surface area contributed by atoms with E-state index in [1.807, 2.05) is 0 Å². The van der Waals surface area contributed by atoms with Gasteiger partial charge in [-0.3, -0.25) is 4.72 Å². The van der Waals surface area contributed by atoms with E-state index in [0.29, 0.717) is 12.1 Å². The molecule has 0 aliphatic carbocycles. The lowest BCUT2D eigenvalue weighted by Gasteiger charge is -2.19. The Bertz CT molecular complexity index is 1050. The first-order valence-corrected chi connectivity index (χ1v) is 12.1. The molecule has 0 amide bonds. The molecule has 0 saturated carbocycles. The lowest BCUT2D eigenvalue weighted by molar-refractivity contribution is 0.503. The number of aromatic nitrogens is 2. The Morgan fingerprint density at radius 3 is 2.33 bits per heavy atom. The Balaban J connectivity index is 1.89. The number of hydrogen-bond acceptors (Lipinski definition) is 5. The van der Waals surface area contributed by atoms with Crippen LogP contribution in [0.4, 0.5) is 5.82 Å². The lowest BCUT2D eigenvalue weighted by atomic mass is 9.87. The van der Waals surface area contributed by atoms with Gasteiger partial charge in [-0.1, -0.05) is 32.9 Å². The van der Waals surface area contributed by atoms with E-state index in [2.05, 4.69) is 30.6 Å². The van der Waals surface area contributed by atoms with Crippen molar-refractivity contribution in [1.82, 2.24) is 9.78 Å². The second-order valence-corrected chi connectivity index (χ2v) is 12.0. The molecule has 1 atom stereocenters. The highest BCUT2D eigenvalue weighted by Crippen LogP contribution is 2.29. The van der Waals surface area contributed by atoms with Gasteiger partial charge in [0.25, 0.3) is 10.0 Å². The fourth-order valence-corrected chi connectivity index (χ4v) is 5.90. The number of nitrogens with one attached hydrogen (secondary N) is 1. The minimum absolute atomic E-state index is 0.0247. The van der Waals surface area contributed by atoms with Gasteiger partial charge in [0.05, 0.1) is 28.1 Å². The maximum absolute atomic E-state index is 12.8. The van der Waals surface area contributed by atoms with Gasteiger partial charge in [-0.25, -0.2) is 21.5 Å². The van der Waals surface area contributed by atoms with Gasteiger partial charge in [0.15, 0.2) is 9.84 Å². The van der Waals surface area contributed by atoms with Crippen molar-refractivity contribution in [3.63, 3.8) is 0 Å². The van der Waals surface area contributed by atoms with E-state index >= 15 is 0 Å². The van der Waals surface area contributed by atoms with Gasteiger partial charge in [-0.15, -0.1) is 0 Å². The van der Waals surface area contributed by atoms with Crippen LogP contribution in [0.15, 0.2) is 35.2 Å². The lowest BCUT2D eigenvalue weighted by Crippen LogP contribution is -2.20. The van der Waals surface area contributed by atoms with Gasteiger partial charge in [-0.05, 0) is 36.5 Å². The molecule has 1 N–H and O–H groups in total.